The first-order valence-corrected chi connectivity index (χ1v) is 3.23. The van der Waals surface area contributed by atoms with Gasteiger partial charge < -0.3 is 5.11 Å². The molecule has 0 aromatic rings. The normalized spacial score (nSPS) is 15.4. The minimum Gasteiger partial charge on any atom is -0.389 e. The van der Waals surface area contributed by atoms with E-state index in [9.17, 15) is 0 Å². The van der Waals surface area contributed by atoms with E-state index in [1.54, 1.807) is 6.08 Å². The monoisotopic (exact) mass is 126 g/mol. The fourth-order valence-corrected chi connectivity index (χ4v) is 0.576. The molecule has 1 unspecified atom stereocenters. The molecular formula is C8H14O. The highest BCUT2D eigenvalue weighted by atomic mass is 16.3. The van der Waals surface area contributed by atoms with Crippen molar-refractivity contribution in [1.82, 2.24) is 0 Å². The summed E-state index contributed by atoms with van der Waals surface area (Å²) in [5.74, 6) is 0. The molecular weight excluding hydrogens is 112 g/mol. The molecule has 1 atom stereocenters. The molecule has 0 heterocycles. The van der Waals surface area contributed by atoms with E-state index in [1.807, 2.05) is 32.1 Å². The van der Waals surface area contributed by atoms with Crippen molar-refractivity contribution in [2.75, 3.05) is 0 Å². The Kier molecular flexibility index (Phi) is 5.23. The van der Waals surface area contributed by atoms with Gasteiger partial charge in [0.25, 0.3) is 0 Å². The second-order valence-electron chi connectivity index (χ2n) is 1.90. The van der Waals surface area contributed by atoms with Gasteiger partial charge in [0.15, 0.2) is 0 Å². The maximum absolute atomic E-state index is 9.04. The quantitative estimate of drug-likeness (QED) is 0.572. The lowest BCUT2D eigenvalue weighted by atomic mass is 10.2. The Morgan fingerprint density at radius 2 is 2.00 bits per heavy atom. The van der Waals surface area contributed by atoms with E-state index in [2.05, 4.69) is 0 Å². The fourth-order valence-electron chi connectivity index (χ4n) is 0.576. The topological polar surface area (TPSA) is 20.2 Å². The molecule has 1 heteroatoms. The minimum atomic E-state index is -0.300. The molecule has 0 fully saturated rings. The van der Waals surface area contributed by atoms with Gasteiger partial charge in [-0.1, -0.05) is 24.3 Å². The van der Waals surface area contributed by atoms with E-state index in [0.717, 1.165) is 6.42 Å². The van der Waals surface area contributed by atoms with E-state index in [4.69, 9.17) is 5.11 Å². The second-order valence-corrected chi connectivity index (χ2v) is 1.90. The van der Waals surface area contributed by atoms with Gasteiger partial charge in [-0.25, -0.2) is 0 Å². The Balaban J connectivity index is 3.37. The van der Waals surface area contributed by atoms with Gasteiger partial charge in [0, 0.05) is 0 Å². The molecule has 0 spiro atoms. The maximum Gasteiger partial charge on any atom is 0.0755 e. The zero-order chi connectivity index (χ0) is 7.11. The summed E-state index contributed by atoms with van der Waals surface area (Å²) >= 11 is 0. The molecule has 0 aliphatic heterocycles. The van der Waals surface area contributed by atoms with Crippen molar-refractivity contribution < 1.29 is 5.11 Å². The molecule has 0 aliphatic rings. The lowest BCUT2D eigenvalue weighted by Crippen LogP contribution is -1.98. The highest BCUT2D eigenvalue weighted by Crippen LogP contribution is 1.93. The fraction of sp³-hybridized carbons (Fsp3) is 0.500. The number of hydrogen-bond donors (Lipinski definition) is 1. The first-order chi connectivity index (χ1) is 4.31. The minimum absolute atomic E-state index is 0.300. The molecule has 0 aromatic carbocycles. The van der Waals surface area contributed by atoms with Gasteiger partial charge in [0.2, 0.25) is 0 Å². The van der Waals surface area contributed by atoms with Crippen molar-refractivity contribution in [3.63, 3.8) is 0 Å². The Hall–Kier alpha value is -0.560. The van der Waals surface area contributed by atoms with Crippen LogP contribution in [-0.2, 0) is 0 Å². The molecule has 52 valence electrons. The van der Waals surface area contributed by atoms with E-state index >= 15 is 0 Å². The van der Waals surface area contributed by atoms with Crippen LogP contribution in [0.15, 0.2) is 24.3 Å². The van der Waals surface area contributed by atoms with Crippen molar-refractivity contribution >= 4 is 0 Å². The van der Waals surface area contributed by atoms with Crippen molar-refractivity contribution in [3.05, 3.63) is 24.3 Å². The lowest BCUT2D eigenvalue weighted by Gasteiger charge is -1.97. The molecule has 0 saturated heterocycles. The van der Waals surface area contributed by atoms with Crippen molar-refractivity contribution in [2.24, 2.45) is 0 Å². The summed E-state index contributed by atoms with van der Waals surface area (Å²) in [6, 6.07) is 0. The van der Waals surface area contributed by atoms with Crippen LogP contribution in [0.3, 0.4) is 0 Å². The molecule has 0 aromatic heterocycles. The van der Waals surface area contributed by atoms with Crippen LogP contribution < -0.4 is 0 Å². The molecule has 0 amide bonds. The number of aliphatic hydroxyl groups excluding tert-OH is 1. The average Bonchev–Trinajstić information content (AvgIpc) is 1.85. The zero-order valence-electron chi connectivity index (χ0n) is 6.04. The summed E-state index contributed by atoms with van der Waals surface area (Å²) in [4.78, 5) is 0. The Morgan fingerprint density at radius 1 is 1.33 bits per heavy atom. The summed E-state index contributed by atoms with van der Waals surface area (Å²) in [7, 11) is 0. The van der Waals surface area contributed by atoms with Gasteiger partial charge in [-0.05, 0) is 20.3 Å². The van der Waals surface area contributed by atoms with Gasteiger partial charge in [0.05, 0.1) is 6.10 Å². The van der Waals surface area contributed by atoms with Crippen LogP contribution in [0.5, 0.6) is 0 Å². The van der Waals surface area contributed by atoms with Crippen LogP contribution in [0.25, 0.3) is 0 Å². The maximum atomic E-state index is 9.04. The number of allylic oxidation sites excluding steroid dienone is 2. The third kappa shape index (κ3) is 5.31. The van der Waals surface area contributed by atoms with Crippen LogP contribution in [0.2, 0.25) is 0 Å². The standard InChI is InChI=1S/C8H14O/c1-3-5-7-8(9)6-4-2/h3-6,8-9H,7H2,1-2H3/b5-3+,6-4?. The molecule has 0 radical (unpaired) electrons. The summed E-state index contributed by atoms with van der Waals surface area (Å²) in [6.07, 6.45) is 7.94. The predicted octanol–water partition coefficient (Wildman–Crippen LogP) is 1.89. The van der Waals surface area contributed by atoms with Crippen molar-refractivity contribution in [1.29, 1.82) is 0 Å². The smallest absolute Gasteiger partial charge is 0.0755 e. The first-order valence-electron chi connectivity index (χ1n) is 3.23. The van der Waals surface area contributed by atoms with Gasteiger partial charge in [-0.15, -0.1) is 0 Å². The highest BCUT2D eigenvalue weighted by molar-refractivity contribution is 4.91. The van der Waals surface area contributed by atoms with Gasteiger partial charge in [-0.3, -0.25) is 0 Å². The summed E-state index contributed by atoms with van der Waals surface area (Å²) in [6.45, 7) is 3.85. The molecule has 1 N–H and O–H groups in total. The Morgan fingerprint density at radius 3 is 2.44 bits per heavy atom. The second kappa shape index (κ2) is 5.57. The van der Waals surface area contributed by atoms with Crippen LogP contribution in [0.1, 0.15) is 20.3 Å². The average molecular weight is 126 g/mol. The SMILES string of the molecule is CC=CC(O)C/C=C/C. The number of rotatable bonds is 3. The van der Waals surface area contributed by atoms with Crippen LogP contribution in [0, 0.1) is 0 Å². The predicted molar refractivity (Wildman–Crippen MR) is 40.3 cm³/mol. The first kappa shape index (κ1) is 8.44. The number of hydrogen-bond acceptors (Lipinski definition) is 1. The molecule has 0 rings (SSSR count). The molecule has 0 saturated carbocycles. The summed E-state index contributed by atoms with van der Waals surface area (Å²) in [5, 5.41) is 9.04. The van der Waals surface area contributed by atoms with Crippen LogP contribution in [-0.4, -0.2) is 11.2 Å². The van der Waals surface area contributed by atoms with Gasteiger partial charge in [-0.2, -0.15) is 0 Å². The van der Waals surface area contributed by atoms with Gasteiger partial charge in [0.1, 0.15) is 0 Å². The van der Waals surface area contributed by atoms with E-state index < -0.39 is 0 Å². The molecule has 1 nitrogen and oxygen atoms in total. The summed E-state index contributed by atoms with van der Waals surface area (Å²) < 4.78 is 0. The lowest BCUT2D eigenvalue weighted by molar-refractivity contribution is 0.227. The summed E-state index contributed by atoms with van der Waals surface area (Å²) in [5.41, 5.74) is 0. The van der Waals surface area contributed by atoms with Gasteiger partial charge >= 0.3 is 0 Å². The Bertz CT molecular complexity index is 103. The third-order valence-electron chi connectivity index (χ3n) is 1.03. The third-order valence-corrected chi connectivity index (χ3v) is 1.03. The largest absolute Gasteiger partial charge is 0.389 e. The molecule has 0 bridgehead atoms. The van der Waals surface area contributed by atoms with Crippen molar-refractivity contribution in [3.8, 4) is 0 Å². The van der Waals surface area contributed by atoms with Crippen molar-refractivity contribution in [2.45, 2.75) is 26.4 Å². The number of aliphatic hydroxyl groups is 1. The molecule has 9 heavy (non-hydrogen) atoms. The van der Waals surface area contributed by atoms with Crippen LogP contribution >= 0.6 is 0 Å². The van der Waals surface area contributed by atoms with E-state index in [1.165, 1.54) is 0 Å². The Labute approximate surface area is 56.7 Å². The zero-order valence-corrected chi connectivity index (χ0v) is 6.04. The van der Waals surface area contributed by atoms with E-state index in [-0.39, 0.29) is 6.10 Å². The highest BCUT2D eigenvalue weighted by Gasteiger charge is 1.90. The molecule has 0 aliphatic carbocycles. The van der Waals surface area contributed by atoms with Crippen LogP contribution in [0.4, 0.5) is 0 Å². The van der Waals surface area contributed by atoms with E-state index in [0.29, 0.717) is 0 Å².